The Kier molecular flexibility index (Phi) is 13.0. The standard InChI is InChI=1S/C5H11NO2.C4H11N/c1-5(2)3-6-8-4-7;1-4(2)3-5/h4-6H,3H2,1-2H3;4H,3,5H2,1-2H3. The Balaban J connectivity index is 0. The molecule has 80 valence electrons. The second-order valence-electron chi connectivity index (χ2n) is 3.59. The van der Waals surface area contributed by atoms with E-state index in [0.29, 0.717) is 24.9 Å². The van der Waals surface area contributed by atoms with Crippen molar-refractivity contribution in [2.45, 2.75) is 27.7 Å². The normalized spacial score (nSPS) is 9.46. The maximum absolute atomic E-state index is 9.50. The van der Waals surface area contributed by atoms with E-state index in [1.165, 1.54) is 0 Å². The van der Waals surface area contributed by atoms with Crippen LogP contribution >= 0.6 is 0 Å². The van der Waals surface area contributed by atoms with Crippen LogP contribution < -0.4 is 11.2 Å². The average molecular weight is 190 g/mol. The lowest BCUT2D eigenvalue weighted by atomic mass is 10.2. The fourth-order valence-electron chi connectivity index (χ4n) is 0.249. The van der Waals surface area contributed by atoms with Gasteiger partial charge in [0.05, 0.1) is 0 Å². The highest BCUT2D eigenvalue weighted by atomic mass is 16.7. The van der Waals surface area contributed by atoms with Gasteiger partial charge in [0.1, 0.15) is 0 Å². The van der Waals surface area contributed by atoms with Crippen molar-refractivity contribution in [3.05, 3.63) is 0 Å². The van der Waals surface area contributed by atoms with Crippen LogP contribution in [0.4, 0.5) is 0 Å². The second kappa shape index (κ2) is 11.4. The summed E-state index contributed by atoms with van der Waals surface area (Å²) < 4.78 is 0. The molecule has 0 atom stereocenters. The highest BCUT2D eigenvalue weighted by molar-refractivity contribution is 5.36. The van der Waals surface area contributed by atoms with Crippen LogP contribution in [-0.2, 0) is 9.63 Å². The lowest BCUT2D eigenvalue weighted by molar-refractivity contribution is -0.135. The molecule has 0 spiro atoms. The van der Waals surface area contributed by atoms with Gasteiger partial charge in [0.15, 0.2) is 0 Å². The van der Waals surface area contributed by atoms with E-state index in [1.54, 1.807) is 0 Å². The van der Waals surface area contributed by atoms with Gasteiger partial charge in [-0.25, -0.2) is 0 Å². The van der Waals surface area contributed by atoms with Crippen molar-refractivity contribution in [3.63, 3.8) is 0 Å². The van der Waals surface area contributed by atoms with Gasteiger partial charge in [-0.2, -0.15) is 5.48 Å². The molecule has 0 aromatic rings. The van der Waals surface area contributed by atoms with Crippen molar-refractivity contribution in [3.8, 4) is 0 Å². The summed E-state index contributed by atoms with van der Waals surface area (Å²) in [5, 5.41) is 0. The number of hydrogen-bond donors (Lipinski definition) is 2. The van der Waals surface area contributed by atoms with Crippen molar-refractivity contribution in [2.24, 2.45) is 17.6 Å². The minimum absolute atomic E-state index is 0.377. The molecule has 4 heteroatoms. The molecule has 4 nitrogen and oxygen atoms in total. The molecule has 0 bridgehead atoms. The molecule has 0 saturated heterocycles. The van der Waals surface area contributed by atoms with Crippen LogP contribution in [0.2, 0.25) is 0 Å². The Bertz CT molecular complexity index is 106. The van der Waals surface area contributed by atoms with Gasteiger partial charge in [0.2, 0.25) is 0 Å². The molecule has 0 aliphatic heterocycles. The van der Waals surface area contributed by atoms with E-state index in [9.17, 15) is 4.79 Å². The van der Waals surface area contributed by atoms with E-state index >= 15 is 0 Å². The van der Waals surface area contributed by atoms with E-state index in [-0.39, 0.29) is 0 Å². The number of hydroxylamine groups is 1. The molecule has 0 amide bonds. The molecule has 13 heavy (non-hydrogen) atoms. The minimum Gasteiger partial charge on any atom is -0.374 e. The highest BCUT2D eigenvalue weighted by Crippen LogP contribution is 1.85. The predicted octanol–water partition coefficient (Wildman–Crippen LogP) is 0.921. The summed E-state index contributed by atoms with van der Waals surface area (Å²) in [4.78, 5) is 13.7. The minimum atomic E-state index is 0.377. The maximum atomic E-state index is 9.50. The molecule has 0 aliphatic rings. The van der Waals surface area contributed by atoms with E-state index in [2.05, 4.69) is 24.2 Å². The second-order valence-corrected chi connectivity index (χ2v) is 3.59. The zero-order valence-electron chi connectivity index (χ0n) is 9.04. The van der Waals surface area contributed by atoms with Gasteiger partial charge < -0.3 is 10.6 Å². The Morgan fingerprint density at radius 3 is 2.00 bits per heavy atom. The fraction of sp³-hybridized carbons (Fsp3) is 0.889. The molecule has 0 fully saturated rings. The summed E-state index contributed by atoms with van der Waals surface area (Å²) in [7, 11) is 0. The van der Waals surface area contributed by atoms with Gasteiger partial charge in [0.25, 0.3) is 0 Å². The third kappa shape index (κ3) is 24.6. The summed E-state index contributed by atoms with van der Waals surface area (Å²) in [5.74, 6) is 1.17. The molecule has 0 rings (SSSR count). The topological polar surface area (TPSA) is 64.3 Å². The molecular formula is C9H22N2O2. The lowest BCUT2D eigenvalue weighted by Gasteiger charge is -2.01. The molecule has 0 aliphatic carbocycles. The van der Waals surface area contributed by atoms with Gasteiger partial charge in [-0.05, 0) is 18.4 Å². The van der Waals surface area contributed by atoms with Crippen LogP contribution in [-0.4, -0.2) is 19.6 Å². The Hall–Kier alpha value is -0.610. The van der Waals surface area contributed by atoms with Crippen LogP contribution in [0.1, 0.15) is 27.7 Å². The molecular weight excluding hydrogens is 168 g/mol. The first kappa shape index (κ1) is 14.9. The number of nitrogens with two attached hydrogens (primary N) is 1. The quantitative estimate of drug-likeness (QED) is 0.384. The largest absolute Gasteiger partial charge is 0.374 e. The summed E-state index contributed by atoms with van der Waals surface area (Å²) in [6, 6.07) is 0. The van der Waals surface area contributed by atoms with Crippen molar-refractivity contribution >= 4 is 6.47 Å². The Labute approximate surface area is 80.8 Å². The monoisotopic (exact) mass is 190 g/mol. The number of carbonyl (C=O) groups excluding carboxylic acids is 1. The van der Waals surface area contributed by atoms with Gasteiger partial charge >= 0.3 is 6.47 Å². The van der Waals surface area contributed by atoms with Gasteiger partial charge in [-0.3, -0.25) is 4.79 Å². The molecule has 0 saturated carbocycles. The van der Waals surface area contributed by atoms with Crippen molar-refractivity contribution in [1.82, 2.24) is 5.48 Å². The van der Waals surface area contributed by atoms with E-state index < -0.39 is 0 Å². The average Bonchev–Trinajstić information content (AvgIpc) is 2.05. The summed E-state index contributed by atoms with van der Waals surface area (Å²) in [5.41, 5.74) is 7.64. The van der Waals surface area contributed by atoms with Crippen molar-refractivity contribution in [2.75, 3.05) is 13.1 Å². The summed E-state index contributed by atoms with van der Waals surface area (Å²) in [6.07, 6.45) is 0. The van der Waals surface area contributed by atoms with Crippen LogP contribution in [0, 0.1) is 11.8 Å². The molecule has 0 aromatic carbocycles. The molecule has 3 N–H and O–H groups in total. The van der Waals surface area contributed by atoms with Crippen molar-refractivity contribution < 1.29 is 9.63 Å². The first-order chi connectivity index (χ1) is 6.04. The maximum Gasteiger partial charge on any atom is 0.312 e. The fourth-order valence-corrected chi connectivity index (χ4v) is 0.249. The SMILES string of the molecule is CC(C)CN.CC(C)CNOC=O. The molecule has 0 radical (unpaired) electrons. The van der Waals surface area contributed by atoms with Gasteiger partial charge in [-0.15, -0.1) is 0 Å². The number of hydrogen-bond acceptors (Lipinski definition) is 4. The third-order valence-electron chi connectivity index (χ3n) is 1.09. The van der Waals surface area contributed by atoms with E-state index in [1.807, 2.05) is 13.8 Å². The zero-order valence-corrected chi connectivity index (χ0v) is 9.04. The van der Waals surface area contributed by atoms with Crippen molar-refractivity contribution in [1.29, 1.82) is 0 Å². The number of rotatable bonds is 5. The number of carbonyl (C=O) groups is 1. The summed E-state index contributed by atoms with van der Waals surface area (Å²) >= 11 is 0. The van der Waals surface area contributed by atoms with Gasteiger partial charge in [-0.1, -0.05) is 27.7 Å². The molecule has 0 heterocycles. The van der Waals surface area contributed by atoms with E-state index in [4.69, 9.17) is 5.73 Å². The zero-order chi connectivity index (χ0) is 10.7. The smallest absolute Gasteiger partial charge is 0.312 e. The summed E-state index contributed by atoms with van der Waals surface area (Å²) in [6.45, 7) is 10.1. The Morgan fingerprint density at radius 1 is 1.31 bits per heavy atom. The van der Waals surface area contributed by atoms with Crippen LogP contribution in [0.5, 0.6) is 0 Å². The van der Waals surface area contributed by atoms with Crippen LogP contribution in [0.3, 0.4) is 0 Å². The number of nitrogens with one attached hydrogen (secondary N) is 1. The van der Waals surface area contributed by atoms with Gasteiger partial charge in [0, 0.05) is 6.54 Å². The molecule has 0 aromatic heterocycles. The third-order valence-corrected chi connectivity index (χ3v) is 1.09. The first-order valence-corrected chi connectivity index (χ1v) is 4.56. The van der Waals surface area contributed by atoms with Crippen LogP contribution in [0.15, 0.2) is 0 Å². The van der Waals surface area contributed by atoms with Crippen LogP contribution in [0.25, 0.3) is 0 Å². The molecule has 0 unspecified atom stereocenters. The first-order valence-electron chi connectivity index (χ1n) is 4.56. The highest BCUT2D eigenvalue weighted by Gasteiger charge is 1.89. The Morgan fingerprint density at radius 2 is 1.77 bits per heavy atom. The lowest BCUT2D eigenvalue weighted by Crippen LogP contribution is -2.18. The van der Waals surface area contributed by atoms with E-state index in [0.717, 1.165) is 6.54 Å². The predicted molar refractivity (Wildman–Crippen MR) is 53.9 cm³/mol.